The summed E-state index contributed by atoms with van der Waals surface area (Å²) in [6, 6.07) is 15.4. The summed E-state index contributed by atoms with van der Waals surface area (Å²) in [5.74, 6) is 0.150. The van der Waals surface area contributed by atoms with Gasteiger partial charge in [0.15, 0.2) is 0 Å². The van der Waals surface area contributed by atoms with Gasteiger partial charge in [-0.1, -0.05) is 42.1 Å². The maximum absolute atomic E-state index is 12.2. The number of nitrogens with one attached hydrogen (secondary N) is 1. The molecule has 0 spiro atoms. The highest BCUT2D eigenvalue weighted by atomic mass is 32.2. The van der Waals surface area contributed by atoms with Crippen LogP contribution in [0.3, 0.4) is 0 Å². The summed E-state index contributed by atoms with van der Waals surface area (Å²) in [7, 11) is 0. The van der Waals surface area contributed by atoms with Crippen molar-refractivity contribution in [1.29, 1.82) is 0 Å². The van der Waals surface area contributed by atoms with Crippen molar-refractivity contribution in [2.24, 2.45) is 0 Å². The molecule has 0 saturated carbocycles. The molecule has 7 heteroatoms. The number of carbonyl (C=O) groups excluding carboxylic acids is 1. The minimum atomic E-state index is -0.0867. The molecule has 0 atom stereocenters. The molecule has 0 aliphatic heterocycles. The second kappa shape index (κ2) is 7.27. The molecule has 1 N–H and O–H groups in total. The molecule has 6 nitrogen and oxygen atoms in total. The topological polar surface area (TPSA) is 72.7 Å². The average Bonchev–Trinajstić information content (AvgIpc) is 3.06. The molecule has 0 aliphatic carbocycles. The Hall–Kier alpha value is -2.67. The molecule has 0 fully saturated rings. The zero-order valence-electron chi connectivity index (χ0n) is 13.4. The lowest BCUT2D eigenvalue weighted by atomic mass is 10.1. The van der Waals surface area contributed by atoms with Crippen LogP contribution >= 0.6 is 11.8 Å². The van der Waals surface area contributed by atoms with Crippen LogP contribution in [-0.4, -0.2) is 31.9 Å². The number of rotatable bonds is 5. The zero-order valence-corrected chi connectivity index (χ0v) is 14.2. The molecule has 3 aromatic rings. The van der Waals surface area contributed by atoms with E-state index in [4.69, 9.17) is 0 Å². The number of aromatic nitrogens is 4. The third-order valence-electron chi connectivity index (χ3n) is 3.65. The number of thioether (sulfide) groups is 1. The van der Waals surface area contributed by atoms with Crippen LogP contribution in [0.2, 0.25) is 0 Å². The predicted molar refractivity (Wildman–Crippen MR) is 94.4 cm³/mol. The van der Waals surface area contributed by atoms with Gasteiger partial charge in [-0.3, -0.25) is 4.79 Å². The Morgan fingerprint density at radius 2 is 1.92 bits per heavy atom. The Bertz CT molecular complexity index is 847. The van der Waals surface area contributed by atoms with E-state index in [1.807, 2.05) is 62.4 Å². The van der Waals surface area contributed by atoms with Crippen LogP contribution in [0, 0.1) is 13.8 Å². The van der Waals surface area contributed by atoms with E-state index < -0.39 is 0 Å². The first-order valence-electron chi connectivity index (χ1n) is 7.48. The van der Waals surface area contributed by atoms with Crippen LogP contribution < -0.4 is 5.32 Å². The van der Waals surface area contributed by atoms with Gasteiger partial charge in [0.25, 0.3) is 0 Å². The fourth-order valence-electron chi connectivity index (χ4n) is 2.20. The standard InChI is InChI=1S/C17H17N5OS/c1-12-7-6-10-15(13(12)2)18-16(23)11-24-17-19-20-21-22(17)14-8-4-3-5-9-14/h3-10H,11H2,1-2H3,(H,18,23). The van der Waals surface area contributed by atoms with Gasteiger partial charge < -0.3 is 5.32 Å². The quantitative estimate of drug-likeness (QED) is 0.724. The molecule has 122 valence electrons. The van der Waals surface area contributed by atoms with Crippen LogP contribution in [0.25, 0.3) is 5.69 Å². The number of hydrogen-bond acceptors (Lipinski definition) is 5. The fourth-order valence-corrected chi connectivity index (χ4v) is 2.89. The van der Waals surface area contributed by atoms with Crippen LogP contribution in [0.5, 0.6) is 0 Å². The van der Waals surface area contributed by atoms with E-state index in [-0.39, 0.29) is 11.7 Å². The summed E-state index contributed by atoms with van der Waals surface area (Å²) in [5, 5.41) is 15.2. The second-order valence-electron chi connectivity index (χ2n) is 5.29. The maximum Gasteiger partial charge on any atom is 0.234 e. The molecular weight excluding hydrogens is 322 g/mol. The summed E-state index contributed by atoms with van der Waals surface area (Å²) in [6.07, 6.45) is 0. The van der Waals surface area contributed by atoms with Crippen molar-refractivity contribution >= 4 is 23.4 Å². The predicted octanol–water partition coefficient (Wildman–Crippen LogP) is 3.01. The number of nitrogens with zero attached hydrogens (tertiary/aromatic N) is 4. The van der Waals surface area contributed by atoms with E-state index >= 15 is 0 Å². The lowest BCUT2D eigenvalue weighted by Crippen LogP contribution is -2.15. The highest BCUT2D eigenvalue weighted by molar-refractivity contribution is 7.99. The Balaban J connectivity index is 1.65. The lowest BCUT2D eigenvalue weighted by molar-refractivity contribution is -0.113. The first kappa shape index (κ1) is 16.2. The number of tetrazole rings is 1. The average molecular weight is 339 g/mol. The van der Waals surface area contributed by atoms with E-state index in [2.05, 4.69) is 20.8 Å². The van der Waals surface area contributed by atoms with Crippen molar-refractivity contribution in [1.82, 2.24) is 20.2 Å². The van der Waals surface area contributed by atoms with E-state index in [0.717, 1.165) is 22.5 Å². The molecular formula is C17H17N5OS. The third kappa shape index (κ3) is 3.62. The van der Waals surface area contributed by atoms with Gasteiger partial charge in [-0.2, -0.15) is 4.68 Å². The van der Waals surface area contributed by atoms with Crippen molar-refractivity contribution < 1.29 is 4.79 Å². The van der Waals surface area contributed by atoms with Gasteiger partial charge in [-0.05, 0) is 53.6 Å². The zero-order chi connectivity index (χ0) is 16.9. The van der Waals surface area contributed by atoms with Crippen molar-refractivity contribution in [2.45, 2.75) is 19.0 Å². The van der Waals surface area contributed by atoms with Crippen molar-refractivity contribution in [3.8, 4) is 5.69 Å². The molecule has 1 aromatic heterocycles. The summed E-state index contributed by atoms with van der Waals surface area (Å²) in [5.41, 5.74) is 3.92. The minimum Gasteiger partial charge on any atom is -0.325 e. The second-order valence-corrected chi connectivity index (χ2v) is 6.24. The van der Waals surface area contributed by atoms with E-state index in [9.17, 15) is 4.79 Å². The Kier molecular flexibility index (Phi) is 4.90. The van der Waals surface area contributed by atoms with Gasteiger partial charge in [-0.25, -0.2) is 0 Å². The van der Waals surface area contributed by atoms with Gasteiger partial charge in [0, 0.05) is 5.69 Å². The molecule has 0 aliphatic rings. The summed E-state index contributed by atoms with van der Waals surface area (Å²) in [4.78, 5) is 12.2. The van der Waals surface area contributed by atoms with E-state index in [1.165, 1.54) is 11.8 Å². The summed E-state index contributed by atoms with van der Waals surface area (Å²) >= 11 is 1.30. The lowest BCUT2D eigenvalue weighted by Gasteiger charge is -2.10. The van der Waals surface area contributed by atoms with E-state index in [1.54, 1.807) is 4.68 Å². The van der Waals surface area contributed by atoms with E-state index in [0.29, 0.717) is 5.16 Å². The molecule has 2 aromatic carbocycles. The number of hydrogen-bond donors (Lipinski definition) is 1. The maximum atomic E-state index is 12.2. The Labute approximate surface area is 144 Å². The number of benzene rings is 2. The van der Waals surface area contributed by atoms with Crippen LogP contribution in [0.15, 0.2) is 53.7 Å². The Morgan fingerprint density at radius 1 is 1.12 bits per heavy atom. The molecule has 1 heterocycles. The normalized spacial score (nSPS) is 10.6. The van der Waals surface area contributed by atoms with Gasteiger partial charge in [0.05, 0.1) is 11.4 Å². The number of para-hydroxylation sites is 1. The van der Waals surface area contributed by atoms with Gasteiger partial charge in [0.2, 0.25) is 11.1 Å². The Morgan fingerprint density at radius 3 is 2.71 bits per heavy atom. The molecule has 3 rings (SSSR count). The first-order valence-corrected chi connectivity index (χ1v) is 8.46. The van der Waals surface area contributed by atoms with Crippen molar-refractivity contribution in [3.05, 3.63) is 59.7 Å². The smallest absolute Gasteiger partial charge is 0.234 e. The highest BCUT2D eigenvalue weighted by Crippen LogP contribution is 2.20. The van der Waals surface area contributed by atoms with Crippen LogP contribution in [-0.2, 0) is 4.79 Å². The minimum absolute atomic E-state index is 0.0867. The summed E-state index contributed by atoms with van der Waals surface area (Å²) in [6.45, 7) is 4.02. The largest absolute Gasteiger partial charge is 0.325 e. The fraction of sp³-hybridized carbons (Fsp3) is 0.176. The molecule has 24 heavy (non-hydrogen) atoms. The molecule has 0 bridgehead atoms. The molecule has 1 amide bonds. The monoisotopic (exact) mass is 339 g/mol. The first-order chi connectivity index (χ1) is 11.6. The summed E-state index contributed by atoms with van der Waals surface area (Å²) < 4.78 is 1.62. The SMILES string of the molecule is Cc1cccc(NC(=O)CSc2nnnn2-c2ccccc2)c1C. The highest BCUT2D eigenvalue weighted by Gasteiger charge is 2.12. The van der Waals surface area contributed by atoms with Gasteiger partial charge >= 0.3 is 0 Å². The number of anilines is 1. The molecule has 0 unspecified atom stereocenters. The van der Waals surface area contributed by atoms with Crippen molar-refractivity contribution in [3.63, 3.8) is 0 Å². The number of aryl methyl sites for hydroxylation is 1. The number of amides is 1. The third-order valence-corrected chi connectivity index (χ3v) is 4.57. The van der Waals surface area contributed by atoms with Crippen LogP contribution in [0.4, 0.5) is 5.69 Å². The number of carbonyl (C=O) groups is 1. The molecule has 0 radical (unpaired) electrons. The van der Waals surface area contributed by atoms with Gasteiger partial charge in [-0.15, -0.1) is 5.10 Å². The van der Waals surface area contributed by atoms with Crippen molar-refractivity contribution in [2.75, 3.05) is 11.1 Å². The van der Waals surface area contributed by atoms with Crippen LogP contribution in [0.1, 0.15) is 11.1 Å². The van der Waals surface area contributed by atoms with Gasteiger partial charge in [0.1, 0.15) is 0 Å². The molecule has 0 saturated heterocycles.